The highest BCUT2D eigenvalue weighted by Crippen LogP contribution is 2.14. The summed E-state index contributed by atoms with van der Waals surface area (Å²) < 4.78 is 7.14. The Morgan fingerprint density at radius 2 is 2.29 bits per heavy atom. The number of aliphatic hydroxyl groups is 1. The van der Waals surface area contributed by atoms with E-state index in [1.807, 2.05) is 25.1 Å². The van der Waals surface area contributed by atoms with E-state index in [1.165, 1.54) is 0 Å². The van der Waals surface area contributed by atoms with Gasteiger partial charge in [-0.15, -0.1) is 10.2 Å². The van der Waals surface area contributed by atoms with Gasteiger partial charge in [0.2, 0.25) is 5.88 Å². The fourth-order valence-corrected chi connectivity index (χ4v) is 1.31. The minimum Gasteiger partial charge on any atom is -0.476 e. The molecule has 74 valence electrons. The van der Waals surface area contributed by atoms with Crippen LogP contribution in [0.1, 0.15) is 5.82 Å². The molecule has 5 heteroatoms. The Labute approximate surface area is 81.0 Å². The van der Waals surface area contributed by atoms with E-state index in [9.17, 15) is 0 Å². The summed E-state index contributed by atoms with van der Waals surface area (Å²) >= 11 is 0. The number of fused-ring (bicyclic) bond motifs is 1. The largest absolute Gasteiger partial charge is 0.476 e. The molecule has 0 aromatic carbocycles. The third-order valence-electron chi connectivity index (χ3n) is 1.90. The molecular formula is C9H11N3O2. The van der Waals surface area contributed by atoms with Gasteiger partial charge in [0.1, 0.15) is 12.4 Å². The standard InChI is InChI=1S/C9H11N3O2/c1-7-10-11-8-3-2-4-9(12(7)8)14-6-5-13/h2-4,13H,5-6H2,1H3. The Morgan fingerprint density at radius 3 is 3.07 bits per heavy atom. The highest BCUT2D eigenvalue weighted by atomic mass is 16.5. The van der Waals surface area contributed by atoms with Gasteiger partial charge in [-0.3, -0.25) is 0 Å². The van der Waals surface area contributed by atoms with Crippen molar-refractivity contribution in [2.24, 2.45) is 0 Å². The van der Waals surface area contributed by atoms with E-state index in [4.69, 9.17) is 9.84 Å². The molecule has 0 spiro atoms. The Hall–Kier alpha value is -1.62. The number of hydrogen-bond acceptors (Lipinski definition) is 4. The van der Waals surface area contributed by atoms with Gasteiger partial charge in [-0.1, -0.05) is 6.07 Å². The van der Waals surface area contributed by atoms with Crippen LogP contribution in [0.2, 0.25) is 0 Å². The Morgan fingerprint density at radius 1 is 1.43 bits per heavy atom. The number of aryl methyl sites for hydroxylation is 1. The van der Waals surface area contributed by atoms with Crippen LogP contribution in [-0.2, 0) is 0 Å². The first-order valence-corrected chi connectivity index (χ1v) is 4.37. The molecule has 0 amide bonds. The van der Waals surface area contributed by atoms with Gasteiger partial charge in [0.25, 0.3) is 0 Å². The quantitative estimate of drug-likeness (QED) is 0.767. The van der Waals surface area contributed by atoms with E-state index < -0.39 is 0 Å². The summed E-state index contributed by atoms with van der Waals surface area (Å²) in [5.74, 6) is 1.42. The van der Waals surface area contributed by atoms with Crippen LogP contribution in [0.15, 0.2) is 18.2 Å². The van der Waals surface area contributed by atoms with Gasteiger partial charge in [0.15, 0.2) is 5.65 Å². The predicted octanol–water partition coefficient (Wildman–Crippen LogP) is 0.409. The highest BCUT2D eigenvalue weighted by Gasteiger charge is 2.05. The van der Waals surface area contributed by atoms with Gasteiger partial charge in [0.05, 0.1) is 6.61 Å². The van der Waals surface area contributed by atoms with Gasteiger partial charge < -0.3 is 9.84 Å². The van der Waals surface area contributed by atoms with Crippen LogP contribution in [0, 0.1) is 6.92 Å². The normalized spacial score (nSPS) is 10.7. The fraction of sp³-hybridized carbons (Fsp3) is 0.333. The highest BCUT2D eigenvalue weighted by molar-refractivity contribution is 5.41. The Balaban J connectivity index is 2.46. The topological polar surface area (TPSA) is 59.7 Å². The average molecular weight is 193 g/mol. The maximum Gasteiger partial charge on any atom is 0.200 e. The number of rotatable bonds is 3. The molecule has 2 aromatic heterocycles. The molecule has 5 nitrogen and oxygen atoms in total. The zero-order chi connectivity index (χ0) is 9.97. The summed E-state index contributed by atoms with van der Waals surface area (Å²) in [5.41, 5.74) is 0.748. The second kappa shape index (κ2) is 3.63. The zero-order valence-electron chi connectivity index (χ0n) is 7.84. The molecule has 0 bridgehead atoms. The number of ether oxygens (including phenoxy) is 1. The van der Waals surface area contributed by atoms with E-state index in [0.717, 1.165) is 11.5 Å². The van der Waals surface area contributed by atoms with E-state index in [2.05, 4.69) is 10.2 Å². The lowest BCUT2D eigenvalue weighted by Crippen LogP contribution is -2.05. The molecule has 1 N–H and O–H groups in total. The molecule has 0 fully saturated rings. The first-order valence-electron chi connectivity index (χ1n) is 4.37. The van der Waals surface area contributed by atoms with Crippen LogP contribution >= 0.6 is 0 Å². The van der Waals surface area contributed by atoms with Crippen LogP contribution in [0.5, 0.6) is 5.88 Å². The molecule has 0 aliphatic heterocycles. The molecule has 0 radical (unpaired) electrons. The Kier molecular flexibility index (Phi) is 2.32. The van der Waals surface area contributed by atoms with Crippen molar-refractivity contribution in [3.05, 3.63) is 24.0 Å². The third-order valence-corrected chi connectivity index (χ3v) is 1.90. The second-order valence-corrected chi connectivity index (χ2v) is 2.88. The molecule has 0 unspecified atom stereocenters. The lowest BCUT2D eigenvalue weighted by atomic mass is 10.4. The first kappa shape index (κ1) is 8.96. The summed E-state index contributed by atoms with van der Waals surface area (Å²) in [6, 6.07) is 5.51. The van der Waals surface area contributed by atoms with Crippen LogP contribution in [-0.4, -0.2) is 32.9 Å². The third kappa shape index (κ3) is 1.42. The Bertz CT molecular complexity index is 439. The number of aliphatic hydroxyl groups excluding tert-OH is 1. The van der Waals surface area contributed by atoms with Crippen molar-refractivity contribution in [1.29, 1.82) is 0 Å². The molecule has 14 heavy (non-hydrogen) atoms. The van der Waals surface area contributed by atoms with Crippen LogP contribution in [0.4, 0.5) is 0 Å². The monoisotopic (exact) mass is 193 g/mol. The van der Waals surface area contributed by atoms with Crippen molar-refractivity contribution in [1.82, 2.24) is 14.6 Å². The zero-order valence-corrected chi connectivity index (χ0v) is 7.84. The van der Waals surface area contributed by atoms with Crippen LogP contribution in [0.25, 0.3) is 5.65 Å². The van der Waals surface area contributed by atoms with Crippen molar-refractivity contribution in [3.63, 3.8) is 0 Å². The van der Waals surface area contributed by atoms with E-state index in [1.54, 1.807) is 4.40 Å². The molecular weight excluding hydrogens is 182 g/mol. The van der Waals surface area contributed by atoms with Crippen molar-refractivity contribution < 1.29 is 9.84 Å². The van der Waals surface area contributed by atoms with Crippen molar-refractivity contribution >= 4 is 5.65 Å². The predicted molar refractivity (Wildman–Crippen MR) is 50.3 cm³/mol. The average Bonchev–Trinajstić information content (AvgIpc) is 2.58. The summed E-state index contributed by atoms with van der Waals surface area (Å²) in [6.45, 7) is 2.13. The number of aromatic nitrogens is 3. The van der Waals surface area contributed by atoms with Gasteiger partial charge in [-0.25, -0.2) is 4.40 Å². The first-order chi connectivity index (χ1) is 6.83. The maximum absolute atomic E-state index is 8.65. The van der Waals surface area contributed by atoms with E-state index >= 15 is 0 Å². The molecule has 2 aromatic rings. The van der Waals surface area contributed by atoms with Gasteiger partial charge >= 0.3 is 0 Å². The molecule has 2 rings (SSSR count). The summed E-state index contributed by atoms with van der Waals surface area (Å²) in [4.78, 5) is 0. The number of nitrogens with zero attached hydrogens (tertiary/aromatic N) is 3. The minimum absolute atomic E-state index is 0.00242. The van der Waals surface area contributed by atoms with Crippen molar-refractivity contribution in [3.8, 4) is 5.88 Å². The number of pyridine rings is 1. The lowest BCUT2D eigenvalue weighted by molar-refractivity contribution is 0.195. The molecule has 2 heterocycles. The fourth-order valence-electron chi connectivity index (χ4n) is 1.31. The van der Waals surface area contributed by atoms with E-state index in [0.29, 0.717) is 5.88 Å². The van der Waals surface area contributed by atoms with Crippen molar-refractivity contribution in [2.45, 2.75) is 6.92 Å². The maximum atomic E-state index is 8.65. The summed E-state index contributed by atoms with van der Waals surface area (Å²) in [5, 5.41) is 16.5. The van der Waals surface area contributed by atoms with Gasteiger partial charge in [-0.05, 0) is 19.1 Å². The summed E-state index contributed by atoms with van der Waals surface area (Å²) in [7, 11) is 0. The molecule has 0 saturated carbocycles. The molecule has 0 aliphatic rings. The van der Waals surface area contributed by atoms with Crippen molar-refractivity contribution in [2.75, 3.05) is 13.2 Å². The molecule has 0 atom stereocenters. The molecule has 0 aliphatic carbocycles. The number of hydrogen-bond donors (Lipinski definition) is 1. The van der Waals surface area contributed by atoms with Gasteiger partial charge in [0, 0.05) is 0 Å². The SMILES string of the molecule is Cc1nnc2cccc(OCCO)n12. The minimum atomic E-state index is -0.00242. The second-order valence-electron chi connectivity index (χ2n) is 2.88. The smallest absolute Gasteiger partial charge is 0.200 e. The van der Waals surface area contributed by atoms with Crippen LogP contribution in [0.3, 0.4) is 0 Å². The summed E-state index contributed by atoms with van der Waals surface area (Å²) in [6.07, 6.45) is 0. The lowest BCUT2D eigenvalue weighted by Gasteiger charge is -2.06. The molecule has 0 saturated heterocycles. The van der Waals surface area contributed by atoms with Gasteiger partial charge in [-0.2, -0.15) is 0 Å². The van der Waals surface area contributed by atoms with Crippen LogP contribution < -0.4 is 4.74 Å². The van der Waals surface area contributed by atoms with E-state index in [-0.39, 0.29) is 13.2 Å².